The molecule has 4 rings (SSSR count). The predicted molar refractivity (Wildman–Crippen MR) is 132 cm³/mol. The van der Waals surface area contributed by atoms with Crippen LogP contribution in [0.2, 0.25) is 0 Å². The van der Waals surface area contributed by atoms with Crippen molar-refractivity contribution in [1.29, 1.82) is 0 Å². The van der Waals surface area contributed by atoms with Crippen LogP contribution in [-0.2, 0) is 14.3 Å². The molecule has 1 atom stereocenters. The van der Waals surface area contributed by atoms with Crippen molar-refractivity contribution in [2.75, 3.05) is 43.1 Å². The van der Waals surface area contributed by atoms with Crippen LogP contribution in [0.5, 0.6) is 0 Å². The van der Waals surface area contributed by atoms with Gasteiger partial charge in [-0.05, 0) is 35.4 Å². The first-order chi connectivity index (χ1) is 16.7. The molecule has 7 heteroatoms. The molecule has 0 bridgehead atoms. The maximum absolute atomic E-state index is 13.3. The summed E-state index contributed by atoms with van der Waals surface area (Å²) >= 11 is 0. The van der Waals surface area contributed by atoms with Gasteiger partial charge >= 0.3 is 0 Å². The summed E-state index contributed by atoms with van der Waals surface area (Å²) in [4.78, 5) is 28.3. The zero-order chi connectivity index (χ0) is 23.8. The molecule has 1 fully saturated rings. The lowest BCUT2D eigenvalue weighted by molar-refractivity contribution is -0.127. The van der Waals surface area contributed by atoms with Crippen LogP contribution >= 0.6 is 0 Å². The molecule has 1 aliphatic heterocycles. The third-order valence-corrected chi connectivity index (χ3v) is 5.85. The average molecular weight is 460 g/mol. The highest BCUT2D eigenvalue weighted by molar-refractivity contribution is 5.98. The fourth-order valence-corrected chi connectivity index (χ4v) is 4.04. The Morgan fingerprint density at radius 3 is 1.91 bits per heavy atom. The molecule has 176 valence electrons. The van der Waals surface area contributed by atoms with Gasteiger partial charge < -0.3 is 25.4 Å². The second kappa shape index (κ2) is 11.4. The zero-order valence-electron chi connectivity index (χ0n) is 18.9. The lowest BCUT2D eigenvalue weighted by Gasteiger charge is -2.29. The van der Waals surface area contributed by atoms with E-state index in [2.05, 4.69) is 15.5 Å². The Hall–Kier alpha value is -3.68. The van der Waals surface area contributed by atoms with Gasteiger partial charge in [-0.15, -0.1) is 0 Å². The number of aliphatic hydroxyl groups is 1. The van der Waals surface area contributed by atoms with E-state index in [4.69, 9.17) is 4.74 Å². The highest BCUT2D eigenvalue weighted by Gasteiger charge is 2.27. The zero-order valence-corrected chi connectivity index (χ0v) is 18.9. The molecule has 1 unspecified atom stereocenters. The number of hydrogen-bond donors (Lipinski definition) is 3. The van der Waals surface area contributed by atoms with Crippen molar-refractivity contribution < 1.29 is 19.4 Å². The molecule has 1 heterocycles. The fourth-order valence-electron chi connectivity index (χ4n) is 4.04. The second-order valence-corrected chi connectivity index (χ2v) is 8.13. The number of rotatable bonds is 8. The summed E-state index contributed by atoms with van der Waals surface area (Å²) in [5, 5.41) is 15.4. The number of morpholine rings is 1. The van der Waals surface area contributed by atoms with E-state index in [9.17, 15) is 14.7 Å². The second-order valence-electron chi connectivity index (χ2n) is 8.13. The lowest BCUT2D eigenvalue weighted by atomic mass is 9.90. The molecule has 3 aromatic rings. The quantitative estimate of drug-likeness (QED) is 0.482. The summed E-state index contributed by atoms with van der Waals surface area (Å²) in [6.45, 7) is 2.54. The van der Waals surface area contributed by atoms with Crippen LogP contribution in [0.25, 0.3) is 0 Å². The molecule has 0 saturated carbocycles. The normalized spacial score (nSPS) is 14.5. The van der Waals surface area contributed by atoms with E-state index in [-0.39, 0.29) is 5.91 Å². The van der Waals surface area contributed by atoms with Crippen LogP contribution in [0, 0.1) is 0 Å². The number of ether oxygens (including phenoxy) is 1. The number of hydrogen-bond acceptors (Lipinski definition) is 5. The third-order valence-electron chi connectivity index (χ3n) is 5.85. The Morgan fingerprint density at radius 2 is 1.38 bits per heavy atom. The summed E-state index contributed by atoms with van der Waals surface area (Å²) in [7, 11) is 0. The molecule has 0 aromatic heterocycles. The van der Waals surface area contributed by atoms with Crippen LogP contribution in [0.3, 0.4) is 0 Å². The Morgan fingerprint density at radius 1 is 0.824 bits per heavy atom. The van der Waals surface area contributed by atoms with E-state index in [1.54, 1.807) is 0 Å². The van der Waals surface area contributed by atoms with Gasteiger partial charge in [0, 0.05) is 24.5 Å². The molecule has 1 saturated heterocycles. The van der Waals surface area contributed by atoms with E-state index in [1.165, 1.54) is 0 Å². The Bertz CT molecular complexity index is 1030. The first-order valence-corrected chi connectivity index (χ1v) is 11.4. The number of amides is 2. The molecule has 0 radical (unpaired) electrons. The highest BCUT2D eigenvalue weighted by Crippen LogP contribution is 2.25. The van der Waals surface area contributed by atoms with Crippen LogP contribution < -0.4 is 15.5 Å². The average Bonchev–Trinajstić information content (AvgIpc) is 2.89. The molecule has 0 spiro atoms. The lowest BCUT2D eigenvalue weighted by Crippen LogP contribution is -2.47. The van der Waals surface area contributed by atoms with Crippen molar-refractivity contribution in [1.82, 2.24) is 5.32 Å². The Balaban J connectivity index is 1.44. The molecular formula is C27H29N3O4. The van der Waals surface area contributed by atoms with E-state index in [1.807, 2.05) is 84.9 Å². The van der Waals surface area contributed by atoms with Gasteiger partial charge in [0.1, 0.15) is 6.04 Å². The Kier molecular flexibility index (Phi) is 7.91. The maximum Gasteiger partial charge on any atom is 0.249 e. The van der Waals surface area contributed by atoms with Crippen molar-refractivity contribution >= 4 is 23.2 Å². The maximum atomic E-state index is 13.3. The van der Waals surface area contributed by atoms with Crippen LogP contribution in [0.1, 0.15) is 17.0 Å². The summed E-state index contributed by atoms with van der Waals surface area (Å²) in [6, 6.07) is 25.2. The van der Waals surface area contributed by atoms with Gasteiger partial charge in [-0.1, -0.05) is 60.7 Å². The standard InChI is InChI=1S/C27H29N3O4/c31-19-24(26(32)28-22-11-13-23(14-12-22)30-15-17-34-18-16-30)29-27(33)25(20-7-3-1-4-8-20)21-9-5-2-6-10-21/h1-14,24-25,31H,15-19H2,(H,28,32)(H,29,33). The monoisotopic (exact) mass is 459 g/mol. The largest absolute Gasteiger partial charge is 0.394 e. The molecule has 7 nitrogen and oxygen atoms in total. The van der Waals surface area contributed by atoms with Crippen LogP contribution in [-0.4, -0.2) is 55.9 Å². The molecular weight excluding hydrogens is 430 g/mol. The molecule has 3 aromatic carbocycles. The number of benzene rings is 3. The van der Waals surface area contributed by atoms with E-state index < -0.39 is 24.5 Å². The van der Waals surface area contributed by atoms with E-state index in [0.717, 1.165) is 29.9 Å². The molecule has 3 N–H and O–H groups in total. The third kappa shape index (κ3) is 5.81. The SMILES string of the molecule is O=C(Nc1ccc(N2CCOCC2)cc1)C(CO)NC(=O)C(c1ccccc1)c1ccccc1. The molecule has 2 amide bonds. The van der Waals surface area contributed by atoms with Gasteiger partial charge in [0.05, 0.1) is 25.7 Å². The van der Waals surface area contributed by atoms with Gasteiger partial charge in [-0.25, -0.2) is 0 Å². The minimum absolute atomic E-state index is 0.353. The van der Waals surface area contributed by atoms with Crippen LogP contribution in [0.15, 0.2) is 84.9 Å². The summed E-state index contributed by atoms with van der Waals surface area (Å²) in [5.74, 6) is -1.43. The topological polar surface area (TPSA) is 90.9 Å². The number of carbonyl (C=O) groups excluding carboxylic acids is 2. The van der Waals surface area contributed by atoms with E-state index >= 15 is 0 Å². The van der Waals surface area contributed by atoms with Crippen molar-refractivity contribution in [2.45, 2.75) is 12.0 Å². The van der Waals surface area contributed by atoms with Crippen LogP contribution in [0.4, 0.5) is 11.4 Å². The molecule has 0 aliphatic carbocycles. The van der Waals surface area contributed by atoms with Crippen molar-refractivity contribution in [3.63, 3.8) is 0 Å². The van der Waals surface area contributed by atoms with Crippen molar-refractivity contribution in [3.05, 3.63) is 96.1 Å². The number of aliphatic hydroxyl groups excluding tert-OH is 1. The minimum Gasteiger partial charge on any atom is -0.394 e. The molecule has 1 aliphatic rings. The number of carbonyl (C=O) groups is 2. The summed E-state index contributed by atoms with van der Waals surface area (Å²) in [6.07, 6.45) is 0. The highest BCUT2D eigenvalue weighted by atomic mass is 16.5. The summed E-state index contributed by atoms with van der Waals surface area (Å²) < 4.78 is 5.38. The predicted octanol–water partition coefficient (Wildman–Crippen LogP) is 2.77. The first kappa shape index (κ1) is 23.5. The minimum atomic E-state index is -1.08. The first-order valence-electron chi connectivity index (χ1n) is 11.4. The van der Waals surface area contributed by atoms with Crippen molar-refractivity contribution in [2.24, 2.45) is 0 Å². The van der Waals surface area contributed by atoms with Gasteiger partial charge in [0.15, 0.2) is 0 Å². The number of anilines is 2. The smallest absolute Gasteiger partial charge is 0.249 e. The van der Waals surface area contributed by atoms with Gasteiger partial charge in [-0.3, -0.25) is 9.59 Å². The van der Waals surface area contributed by atoms with Gasteiger partial charge in [-0.2, -0.15) is 0 Å². The van der Waals surface area contributed by atoms with Gasteiger partial charge in [0.25, 0.3) is 0 Å². The van der Waals surface area contributed by atoms with Gasteiger partial charge in [0.2, 0.25) is 11.8 Å². The fraction of sp³-hybridized carbons (Fsp3) is 0.259. The van der Waals surface area contributed by atoms with Crippen molar-refractivity contribution in [3.8, 4) is 0 Å². The Labute approximate surface area is 199 Å². The number of nitrogens with zero attached hydrogens (tertiary/aromatic N) is 1. The number of nitrogens with one attached hydrogen (secondary N) is 2. The summed E-state index contributed by atoms with van der Waals surface area (Å²) in [5.41, 5.74) is 3.27. The van der Waals surface area contributed by atoms with E-state index in [0.29, 0.717) is 18.9 Å². The molecule has 34 heavy (non-hydrogen) atoms.